The van der Waals surface area contributed by atoms with Crippen molar-refractivity contribution >= 4 is 60.2 Å². The van der Waals surface area contributed by atoms with Gasteiger partial charge in [-0.2, -0.15) is 13.2 Å². The molecular formula is C74H84Cl3F3N6O7. The minimum Gasteiger partial charge on any atom is -0.493 e. The van der Waals surface area contributed by atoms with Crippen LogP contribution in [0.15, 0.2) is 109 Å². The third-order valence-corrected chi connectivity index (χ3v) is 22.2. The van der Waals surface area contributed by atoms with Gasteiger partial charge in [0.05, 0.1) is 35.2 Å². The van der Waals surface area contributed by atoms with Gasteiger partial charge in [-0.3, -0.25) is 9.59 Å². The molecule has 1 atom stereocenters. The lowest BCUT2D eigenvalue weighted by molar-refractivity contribution is -0.188. The standard InChI is InChI=1S/C74H82ClF3N6O7.2ClH/c1-43-13-6-8-16-56(43)58-20-24-62(79-66(58)49-18-22-60(74(76,77)78)64(41-49)89-29-12-27-83(3)4)68(85)81-72(51-33-45-31-46(35-51)36-52(72)34-45)70(87)91-71(88)73(53-37-47-32-48(39-53)40-54(73)38-47)82-69(86)63-25-21-59(57-17-9-7-14-44(57)2)67(80-63)50-19-23-61(75)65(42-50)90-30-26-55-15-10-11-28-84(55)5;;/h6-9,13-14,16-25,41-42,45-48,51-55H,10-12,15,26-40H2,1-5H3,(H,81,85)(H,82,86);2*1H. The molecule has 1 aliphatic heterocycles. The predicted molar refractivity (Wildman–Crippen MR) is 359 cm³/mol. The van der Waals surface area contributed by atoms with Crippen LogP contribution in [0.2, 0.25) is 5.02 Å². The molecule has 1 unspecified atom stereocenters. The highest BCUT2D eigenvalue weighted by molar-refractivity contribution is 6.32. The molecule has 8 aliphatic carbocycles. The fraction of sp³-hybridized carbons (Fsp3) is 0.486. The van der Waals surface area contributed by atoms with Gasteiger partial charge in [-0.1, -0.05) is 78.7 Å². The fourth-order valence-electron chi connectivity index (χ4n) is 17.7. The van der Waals surface area contributed by atoms with Gasteiger partial charge >= 0.3 is 18.1 Å². The van der Waals surface area contributed by atoms with E-state index >= 15 is 19.2 Å². The molecule has 494 valence electrons. The number of pyridine rings is 2. The number of carbonyl (C=O) groups is 4. The number of aryl methyl sites for hydroxylation is 2. The first-order valence-electron chi connectivity index (χ1n) is 32.9. The van der Waals surface area contributed by atoms with Crippen LogP contribution in [-0.4, -0.2) is 108 Å². The van der Waals surface area contributed by atoms with E-state index < -0.39 is 46.6 Å². The quantitative estimate of drug-likeness (QED) is 0.0453. The summed E-state index contributed by atoms with van der Waals surface area (Å²) in [4.78, 5) is 77.1. The Morgan fingerprint density at radius 2 is 1.06 bits per heavy atom. The molecular weight excluding hydrogens is 1250 g/mol. The van der Waals surface area contributed by atoms with Crippen LogP contribution in [0.1, 0.15) is 134 Å². The van der Waals surface area contributed by atoms with Crippen LogP contribution in [0.25, 0.3) is 44.8 Å². The van der Waals surface area contributed by atoms with Gasteiger partial charge in [0.25, 0.3) is 11.8 Å². The van der Waals surface area contributed by atoms with Gasteiger partial charge in [0.1, 0.15) is 34.0 Å². The summed E-state index contributed by atoms with van der Waals surface area (Å²) in [6.45, 7) is 6.14. The molecule has 4 aromatic carbocycles. The topological polar surface area (TPSA) is 152 Å². The number of esters is 2. The summed E-state index contributed by atoms with van der Waals surface area (Å²) in [5.41, 5.74) is 2.60. The van der Waals surface area contributed by atoms with E-state index in [0.717, 1.165) is 66.1 Å². The van der Waals surface area contributed by atoms with Crippen molar-refractivity contribution < 1.29 is 46.6 Å². The third-order valence-electron chi connectivity index (χ3n) is 21.9. The highest BCUT2D eigenvalue weighted by Crippen LogP contribution is 2.61. The number of amides is 2. The zero-order valence-electron chi connectivity index (χ0n) is 53.5. The Morgan fingerprint density at radius 3 is 1.53 bits per heavy atom. The Kier molecular flexibility index (Phi) is 20.2. The molecule has 2 aromatic heterocycles. The van der Waals surface area contributed by atoms with Gasteiger partial charge in [-0.25, -0.2) is 19.6 Å². The number of likely N-dealkylation sites (tertiary alicyclic amines) is 1. The fourth-order valence-corrected chi connectivity index (χ4v) is 17.9. The van der Waals surface area contributed by atoms with E-state index in [4.69, 9.17) is 35.8 Å². The highest BCUT2D eigenvalue weighted by atomic mass is 35.5. The summed E-state index contributed by atoms with van der Waals surface area (Å²) in [6, 6.07) is 32.2. The van der Waals surface area contributed by atoms with Gasteiger partial charge in [0.2, 0.25) is 0 Å². The minimum atomic E-state index is -4.71. The molecule has 8 saturated carbocycles. The Labute approximate surface area is 560 Å². The number of benzene rings is 4. The Bertz CT molecular complexity index is 3730. The number of halogens is 6. The van der Waals surface area contributed by atoms with Crippen LogP contribution in [0.5, 0.6) is 11.5 Å². The molecule has 0 radical (unpaired) electrons. The predicted octanol–water partition coefficient (Wildman–Crippen LogP) is 15.5. The van der Waals surface area contributed by atoms with E-state index in [1.807, 2.05) is 99.6 Å². The van der Waals surface area contributed by atoms with Gasteiger partial charge < -0.3 is 34.6 Å². The molecule has 9 fully saturated rings. The summed E-state index contributed by atoms with van der Waals surface area (Å²) in [7, 11) is 5.92. The third kappa shape index (κ3) is 13.3. The Balaban J connectivity index is 0.00000442. The number of rotatable bonds is 19. The molecule has 9 aliphatic rings. The molecule has 2 amide bonds. The second kappa shape index (κ2) is 27.6. The summed E-state index contributed by atoms with van der Waals surface area (Å²) >= 11 is 6.85. The molecule has 8 bridgehead atoms. The number of alkyl halides is 3. The van der Waals surface area contributed by atoms with Crippen molar-refractivity contribution in [2.75, 3.05) is 47.4 Å². The maximum absolute atomic E-state index is 15.9. The molecule has 6 aromatic rings. The van der Waals surface area contributed by atoms with Crippen LogP contribution in [0, 0.1) is 61.2 Å². The highest BCUT2D eigenvalue weighted by Gasteiger charge is 2.67. The number of nitrogens with one attached hydrogen (secondary N) is 2. The van der Waals surface area contributed by atoms with Crippen LogP contribution >= 0.6 is 36.4 Å². The number of hydrogen-bond acceptors (Lipinski definition) is 11. The van der Waals surface area contributed by atoms with Crippen LogP contribution in [0.4, 0.5) is 13.2 Å². The minimum absolute atomic E-state index is 0. The van der Waals surface area contributed by atoms with E-state index in [-0.39, 0.29) is 77.9 Å². The molecule has 3 heterocycles. The van der Waals surface area contributed by atoms with Crippen molar-refractivity contribution in [3.63, 3.8) is 0 Å². The van der Waals surface area contributed by atoms with Crippen molar-refractivity contribution in [3.05, 3.63) is 142 Å². The average molecular weight is 1330 g/mol. The van der Waals surface area contributed by atoms with Crippen LogP contribution in [0.3, 0.4) is 0 Å². The molecule has 13 nitrogen and oxygen atoms in total. The molecule has 93 heavy (non-hydrogen) atoms. The monoisotopic (exact) mass is 1330 g/mol. The summed E-state index contributed by atoms with van der Waals surface area (Å²) < 4.78 is 62.7. The average Bonchev–Trinajstić information content (AvgIpc) is 0.719. The number of nitrogens with zero attached hydrogens (tertiary/aromatic N) is 4. The van der Waals surface area contributed by atoms with Crippen molar-refractivity contribution in [2.45, 2.75) is 133 Å². The maximum atomic E-state index is 15.9. The first-order chi connectivity index (χ1) is 43.7. The molecule has 1 saturated heterocycles. The Hall–Kier alpha value is -6.56. The van der Waals surface area contributed by atoms with Gasteiger partial charge in [0.15, 0.2) is 0 Å². The van der Waals surface area contributed by atoms with Crippen molar-refractivity contribution in [2.24, 2.45) is 47.3 Å². The summed E-state index contributed by atoms with van der Waals surface area (Å²) in [6.07, 6.45) is 7.50. The molecule has 0 spiro atoms. The van der Waals surface area contributed by atoms with Gasteiger partial charge in [-0.05, 0) is 250 Å². The zero-order chi connectivity index (χ0) is 63.5. The number of hydrogen-bond donors (Lipinski definition) is 2. The lowest BCUT2D eigenvalue weighted by Gasteiger charge is -2.60. The molecule has 19 heteroatoms. The number of aromatic nitrogens is 2. The van der Waals surface area contributed by atoms with Crippen molar-refractivity contribution in [1.29, 1.82) is 0 Å². The maximum Gasteiger partial charge on any atom is 0.419 e. The van der Waals surface area contributed by atoms with Crippen molar-refractivity contribution in [1.82, 2.24) is 30.4 Å². The van der Waals surface area contributed by atoms with Crippen LogP contribution in [-0.2, 0) is 20.5 Å². The largest absolute Gasteiger partial charge is 0.493 e. The van der Waals surface area contributed by atoms with Crippen LogP contribution < -0.4 is 20.1 Å². The first kappa shape index (κ1) is 67.8. The molecule has 15 rings (SSSR count). The first-order valence-corrected chi connectivity index (χ1v) is 33.3. The number of carbonyl (C=O) groups excluding carboxylic acids is 4. The zero-order valence-corrected chi connectivity index (χ0v) is 55.9. The number of ether oxygens (including phenoxy) is 3. The summed E-state index contributed by atoms with van der Waals surface area (Å²) in [5.74, 6) is -2.74. The van der Waals surface area contributed by atoms with Gasteiger partial charge in [0, 0.05) is 34.8 Å². The normalized spacial score (nSPS) is 26.6. The van der Waals surface area contributed by atoms with E-state index in [9.17, 15) is 13.2 Å². The number of piperidine rings is 1. The molecule has 2 N–H and O–H groups in total. The van der Waals surface area contributed by atoms with E-state index in [1.54, 1.807) is 24.3 Å². The SMILES string of the molecule is Cc1ccccc1-c1ccc(C(=O)NC2(C(=O)OC(=O)C3(NC(=O)c4ccc(-c5ccccc5C)c(-c5ccc(C(F)(F)F)c(OCCCN(C)C)c5)n4)C4CC5CC(C4)CC3C5)C3CC4CC(C3)CC2C4)nc1-c1ccc(Cl)c(OCCC2CCCCN2C)c1.Cl.Cl. The van der Waals surface area contributed by atoms with Gasteiger partial charge in [-0.15, -0.1) is 24.8 Å². The smallest absolute Gasteiger partial charge is 0.419 e. The lowest BCUT2D eigenvalue weighted by Crippen LogP contribution is -2.73. The summed E-state index contributed by atoms with van der Waals surface area (Å²) in [5, 5.41) is 7.00. The second-order valence-electron chi connectivity index (χ2n) is 27.9. The van der Waals surface area contributed by atoms with E-state index in [1.165, 1.54) is 25.0 Å². The lowest BCUT2D eigenvalue weighted by atomic mass is 9.48. The Morgan fingerprint density at radius 1 is 0.602 bits per heavy atom. The second-order valence-corrected chi connectivity index (χ2v) is 28.3. The van der Waals surface area contributed by atoms with E-state index in [2.05, 4.69) is 22.6 Å². The van der Waals surface area contributed by atoms with E-state index in [0.29, 0.717) is 134 Å². The van der Waals surface area contributed by atoms with Crippen molar-refractivity contribution in [3.8, 4) is 56.3 Å².